The van der Waals surface area contributed by atoms with E-state index < -0.39 is 6.10 Å². The molecule has 1 saturated heterocycles. The van der Waals surface area contributed by atoms with Gasteiger partial charge in [0, 0.05) is 18.7 Å². The molecule has 5 nitrogen and oxygen atoms in total. The summed E-state index contributed by atoms with van der Waals surface area (Å²) < 4.78 is 0. The number of nitro groups is 1. The number of hydrogen-bond acceptors (Lipinski definition) is 4. The molecular formula is C16H24N2O3. The lowest BCUT2D eigenvalue weighted by atomic mass is 9.96. The Labute approximate surface area is 125 Å². The zero-order valence-electron chi connectivity index (χ0n) is 12.8. The highest BCUT2D eigenvalue weighted by atomic mass is 16.6. The number of aliphatic hydroxyl groups excluding tert-OH is 1. The first kappa shape index (κ1) is 15.8. The minimum Gasteiger partial charge on any atom is -0.389 e. The van der Waals surface area contributed by atoms with E-state index in [0.29, 0.717) is 17.3 Å². The van der Waals surface area contributed by atoms with Crippen molar-refractivity contribution < 1.29 is 10.0 Å². The van der Waals surface area contributed by atoms with Crippen LogP contribution in [-0.4, -0.2) is 22.6 Å². The maximum Gasteiger partial charge on any atom is 0.292 e. The number of aliphatic hydroxyl groups is 1. The van der Waals surface area contributed by atoms with E-state index in [1.165, 1.54) is 12.5 Å². The minimum absolute atomic E-state index is 0.108. The van der Waals surface area contributed by atoms with E-state index in [0.717, 1.165) is 32.2 Å². The van der Waals surface area contributed by atoms with Gasteiger partial charge in [0.05, 0.1) is 11.0 Å². The summed E-state index contributed by atoms with van der Waals surface area (Å²) in [6, 6.07) is 5.50. The van der Waals surface area contributed by atoms with E-state index in [4.69, 9.17) is 0 Å². The summed E-state index contributed by atoms with van der Waals surface area (Å²) in [5, 5.41) is 21.0. The first-order valence-corrected chi connectivity index (χ1v) is 7.77. The number of nitrogens with zero attached hydrogens (tertiary/aromatic N) is 2. The second kappa shape index (κ2) is 6.89. The van der Waals surface area contributed by atoms with Crippen LogP contribution in [-0.2, 0) is 0 Å². The van der Waals surface area contributed by atoms with Gasteiger partial charge in [0.1, 0.15) is 5.69 Å². The van der Waals surface area contributed by atoms with Crippen molar-refractivity contribution in [3.63, 3.8) is 0 Å². The molecule has 0 aliphatic carbocycles. The van der Waals surface area contributed by atoms with Crippen LogP contribution in [0.2, 0.25) is 0 Å². The van der Waals surface area contributed by atoms with Crippen LogP contribution in [0.15, 0.2) is 18.2 Å². The van der Waals surface area contributed by atoms with Gasteiger partial charge in [0.2, 0.25) is 0 Å². The van der Waals surface area contributed by atoms with Crippen LogP contribution in [0.1, 0.15) is 57.6 Å². The van der Waals surface area contributed by atoms with Crippen molar-refractivity contribution in [3.8, 4) is 0 Å². The van der Waals surface area contributed by atoms with E-state index in [-0.39, 0.29) is 10.6 Å². The van der Waals surface area contributed by atoms with Crippen LogP contribution in [0.25, 0.3) is 0 Å². The number of anilines is 1. The van der Waals surface area contributed by atoms with Crippen LogP contribution < -0.4 is 4.90 Å². The fourth-order valence-corrected chi connectivity index (χ4v) is 3.14. The van der Waals surface area contributed by atoms with Crippen LogP contribution in [0, 0.1) is 10.1 Å². The largest absolute Gasteiger partial charge is 0.389 e. The van der Waals surface area contributed by atoms with Gasteiger partial charge in [0.25, 0.3) is 5.69 Å². The Balaban J connectivity index is 2.38. The van der Waals surface area contributed by atoms with Crippen molar-refractivity contribution in [1.82, 2.24) is 0 Å². The Kier molecular flexibility index (Phi) is 5.17. The van der Waals surface area contributed by atoms with Crippen molar-refractivity contribution in [2.45, 2.75) is 58.1 Å². The second-order valence-electron chi connectivity index (χ2n) is 5.81. The van der Waals surface area contributed by atoms with E-state index >= 15 is 0 Å². The van der Waals surface area contributed by atoms with Crippen LogP contribution >= 0.6 is 0 Å². The molecule has 2 rings (SSSR count). The summed E-state index contributed by atoms with van der Waals surface area (Å²) in [6.07, 6.45) is 4.83. The average molecular weight is 292 g/mol. The van der Waals surface area contributed by atoms with Crippen LogP contribution in [0.5, 0.6) is 0 Å². The molecule has 1 N–H and O–H groups in total. The third-order valence-electron chi connectivity index (χ3n) is 4.24. The van der Waals surface area contributed by atoms with Gasteiger partial charge >= 0.3 is 0 Å². The number of rotatable bonds is 5. The molecule has 116 valence electrons. The van der Waals surface area contributed by atoms with E-state index in [1.54, 1.807) is 19.1 Å². The lowest BCUT2D eigenvalue weighted by Crippen LogP contribution is -2.39. The molecule has 0 bridgehead atoms. The van der Waals surface area contributed by atoms with Gasteiger partial charge in [-0.15, -0.1) is 0 Å². The molecule has 1 aromatic rings. The van der Waals surface area contributed by atoms with E-state index in [9.17, 15) is 15.2 Å². The summed E-state index contributed by atoms with van der Waals surface area (Å²) in [4.78, 5) is 13.3. The van der Waals surface area contributed by atoms with Crippen LogP contribution in [0.4, 0.5) is 11.4 Å². The molecular weight excluding hydrogens is 268 g/mol. The zero-order valence-corrected chi connectivity index (χ0v) is 12.8. The highest BCUT2D eigenvalue weighted by Gasteiger charge is 2.28. The third kappa shape index (κ3) is 3.53. The molecule has 1 aromatic carbocycles. The predicted octanol–water partition coefficient (Wildman–Crippen LogP) is 3.81. The molecule has 1 aliphatic heterocycles. The van der Waals surface area contributed by atoms with Crippen molar-refractivity contribution in [1.29, 1.82) is 0 Å². The third-order valence-corrected chi connectivity index (χ3v) is 4.24. The predicted molar refractivity (Wildman–Crippen MR) is 83.6 cm³/mol. The Morgan fingerprint density at radius 2 is 2.24 bits per heavy atom. The highest BCUT2D eigenvalue weighted by molar-refractivity contribution is 5.65. The number of benzene rings is 1. The zero-order chi connectivity index (χ0) is 15.4. The monoisotopic (exact) mass is 292 g/mol. The Bertz CT molecular complexity index is 500. The van der Waals surface area contributed by atoms with Crippen molar-refractivity contribution in [2.75, 3.05) is 11.4 Å². The molecule has 0 amide bonds. The van der Waals surface area contributed by atoms with Gasteiger partial charge in [-0.05, 0) is 44.2 Å². The van der Waals surface area contributed by atoms with Gasteiger partial charge < -0.3 is 10.0 Å². The molecule has 2 unspecified atom stereocenters. The Morgan fingerprint density at radius 3 is 2.86 bits per heavy atom. The fourth-order valence-electron chi connectivity index (χ4n) is 3.14. The lowest BCUT2D eigenvalue weighted by molar-refractivity contribution is -0.384. The molecule has 1 aliphatic rings. The molecule has 0 spiro atoms. The fraction of sp³-hybridized carbons (Fsp3) is 0.625. The number of piperidine rings is 1. The topological polar surface area (TPSA) is 66.6 Å². The Morgan fingerprint density at radius 1 is 1.48 bits per heavy atom. The summed E-state index contributed by atoms with van der Waals surface area (Å²) in [7, 11) is 0. The maximum absolute atomic E-state index is 11.4. The van der Waals surface area contributed by atoms with E-state index in [1.807, 2.05) is 0 Å². The number of nitro benzene ring substituents is 1. The van der Waals surface area contributed by atoms with Crippen molar-refractivity contribution in [3.05, 3.63) is 33.9 Å². The first-order valence-electron chi connectivity index (χ1n) is 7.77. The van der Waals surface area contributed by atoms with E-state index in [2.05, 4.69) is 11.8 Å². The quantitative estimate of drug-likeness (QED) is 0.662. The molecule has 5 heteroatoms. The SMILES string of the molecule is CCCC1CCCCN1c1ccc(C(C)O)cc1[N+](=O)[O-]. The summed E-state index contributed by atoms with van der Waals surface area (Å²) in [5.41, 5.74) is 1.40. The van der Waals surface area contributed by atoms with Crippen molar-refractivity contribution >= 4 is 11.4 Å². The van der Waals surface area contributed by atoms with Gasteiger partial charge in [-0.25, -0.2) is 0 Å². The van der Waals surface area contributed by atoms with Crippen LogP contribution in [0.3, 0.4) is 0 Å². The molecule has 0 aromatic heterocycles. The maximum atomic E-state index is 11.4. The summed E-state index contributed by atoms with van der Waals surface area (Å²) in [6.45, 7) is 4.65. The smallest absolute Gasteiger partial charge is 0.292 e. The van der Waals surface area contributed by atoms with Crippen molar-refractivity contribution in [2.24, 2.45) is 0 Å². The van der Waals surface area contributed by atoms with Gasteiger partial charge in [-0.1, -0.05) is 19.4 Å². The molecule has 0 saturated carbocycles. The molecule has 2 atom stereocenters. The highest BCUT2D eigenvalue weighted by Crippen LogP contribution is 2.35. The second-order valence-corrected chi connectivity index (χ2v) is 5.81. The normalized spacial score (nSPS) is 20.3. The van der Waals surface area contributed by atoms with Gasteiger partial charge in [-0.2, -0.15) is 0 Å². The molecule has 1 heterocycles. The summed E-state index contributed by atoms with van der Waals surface area (Å²) >= 11 is 0. The molecule has 21 heavy (non-hydrogen) atoms. The first-order chi connectivity index (χ1) is 10.0. The average Bonchev–Trinajstić information content (AvgIpc) is 2.47. The minimum atomic E-state index is -0.689. The summed E-state index contributed by atoms with van der Waals surface area (Å²) in [5.74, 6) is 0. The lowest BCUT2D eigenvalue weighted by Gasteiger charge is -2.37. The standard InChI is InChI=1S/C16H24N2O3/c1-3-6-14-7-4-5-10-17(14)15-9-8-13(12(2)19)11-16(15)18(20)21/h8-9,11-12,14,19H,3-7,10H2,1-2H3. The van der Waals surface area contributed by atoms with Gasteiger partial charge in [0.15, 0.2) is 0 Å². The molecule has 0 radical (unpaired) electrons. The molecule has 1 fully saturated rings. The number of hydrogen-bond donors (Lipinski definition) is 1. The van der Waals surface area contributed by atoms with Gasteiger partial charge in [-0.3, -0.25) is 10.1 Å². The Hall–Kier alpha value is -1.62.